The number of carboxylic acids is 1. The van der Waals surface area contributed by atoms with E-state index in [2.05, 4.69) is 0 Å². The summed E-state index contributed by atoms with van der Waals surface area (Å²) in [6.45, 7) is 0. The average molecular weight is 295 g/mol. The van der Waals surface area contributed by atoms with E-state index in [4.69, 9.17) is 5.11 Å². The lowest BCUT2D eigenvalue weighted by Crippen LogP contribution is -2.24. The second kappa shape index (κ2) is 5.37. The number of fused-ring (bicyclic) bond motifs is 1. The molecular weight excluding hydrogens is 282 g/mol. The van der Waals surface area contributed by atoms with E-state index < -0.39 is 17.9 Å². The number of benzene rings is 2. The van der Waals surface area contributed by atoms with E-state index in [0.717, 1.165) is 0 Å². The highest BCUT2D eigenvalue weighted by Crippen LogP contribution is 2.28. The molecule has 0 unspecified atom stereocenters. The maximum Gasteiger partial charge on any atom is 0.308 e. The Bertz CT molecular complexity index is 913. The number of hydrogen-bond acceptors (Lipinski definition) is 3. The highest BCUT2D eigenvalue weighted by atomic mass is 16.4. The van der Waals surface area contributed by atoms with Gasteiger partial charge in [0.25, 0.3) is 5.56 Å². The van der Waals surface area contributed by atoms with Crippen LogP contribution < -0.4 is 5.56 Å². The number of nitrogens with zero attached hydrogens (tertiary/aromatic N) is 1. The number of carboxylic acid groups (broad SMARTS) is 1. The number of hydrogen-bond donors (Lipinski definition) is 2. The Labute approximate surface area is 125 Å². The predicted octanol–water partition coefficient (Wildman–Crippen LogP) is 2.32. The average Bonchev–Trinajstić information content (AvgIpc) is 2.52. The fraction of sp³-hybridized carbons (Fsp3) is 0.0588. The normalized spacial score (nSPS) is 10.7. The third-order valence-electron chi connectivity index (χ3n) is 3.49. The fourth-order valence-corrected chi connectivity index (χ4v) is 2.52. The first kappa shape index (κ1) is 13.9. The molecular formula is C17H13NO4. The summed E-state index contributed by atoms with van der Waals surface area (Å²) in [6.07, 6.45) is -0.525. The summed E-state index contributed by atoms with van der Waals surface area (Å²) in [4.78, 5) is 23.7. The highest BCUT2D eigenvalue weighted by molar-refractivity contribution is 5.89. The number of para-hydroxylation sites is 2. The molecule has 1 aromatic heterocycles. The van der Waals surface area contributed by atoms with E-state index >= 15 is 0 Å². The highest BCUT2D eigenvalue weighted by Gasteiger charge is 2.18. The summed E-state index contributed by atoms with van der Waals surface area (Å²) < 4.78 is 1.42. The minimum absolute atomic E-state index is 0.116. The molecule has 1 heterocycles. The van der Waals surface area contributed by atoms with Gasteiger partial charge in [0.15, 0.2) is 0 Å². The van der Waals surface area contributed by atoms with Gasteiger partial charge in [-0.15, -0.1) is 0 Å². The summed E-state index contributed by atoms with van der Waals surface area (Å²) in [5.41, 5.74) is 0.514. The number of aromatic hydroxyl groups is 1. The Balaban J connectivity index is 2.45. The largest absolute Gasteiger partial charge is 0.507 e. The first-order valence-electron chi connectivity index (χ1n) is 6.72. The van der Waals surface area contributed by atoms with Crippen LogP contribution in [0.25, 0.3) is 16.6 Å². The van der Waals surface area contributed by atoms with Crippen molar-refractivity contribution in [1.82, 2.24) is 4.57 Å². The summed E-state index contributed by atoms with van der Waals surface area (Å²) >= 11 is 0. The number of carbonyl (C=O) groups is 1. The smallest absolute Gasteiger partial charge is 0.308 e. The third kappa shape index (κ3) is 2.22. The molecule has 0 amide bonds. The molecule has 5 heteroatoms. The summed E-state index contributed by atoms with van der Waals surface area (Å²) in [5.74, 6) is -1.43. The van der Waals surface area contributed by atoms with E-state index in [9.17, 15) is 14.7 Å². The zero-order chi connectivity index (χ0) is 15.7. The molecule has 110 valence electrons. The van der Waals surface area contributed by atoms with Gasteiger partial charge in [-0.2, -0.15) is 0 Å². The molecule has 3 aromatic rings. The van der Waals surface area contributed by atoms with E-state index in [1.807, 2.05) is 6.07 Å². The van der Waals surface area contributed by atoms with Gasteiger partial charge in [0, 0.05) is 11.1 Å². The van der Waals surface area contributed by atoms with Crippen molar-refractivity contribution in [1.29, 1.82) is 0 Å². The fourth-order valence-electron chi connectivity index (χ4n) is 2.52. The van der Waals surface area contributed by atoms with Crippen molar-refractivity contribution in [2.75, 3.05) is 0 Å². The van der Waals surface area contributed by atoms with Gasteiger partial charge in [-0.3, -0.25) is 14.2 Å². The predicted molar refractivity (Wildman–Crippen MR) is 82.5 cm³/mol. The molecule has 22 heavy (non-hydrogen) atoms. The van der Waals surface area contributed by atoms with Gasteiger partial charge in [0.2, 0.25) is 0 Å². The second-order valence-corrected chi connectivity index (χ2v) is 4.89. The molecule has 3 rings (SSSR count). The minimum atomic E-state index is -1.16. The Morgan fingerprint density at radius 3 is 2.32 bits per heavy atom. The quantitative estimate of drug-likeness (QED) is 0.777. The van der Waals surface area contributed by atoms with Crippen LogP contribution in [0.15, 0.2) is 59.4 Å². The van der Waals surface area contributed by atoms with Crippen LogP contribution in [0.1, 0.15) is 5.56 Å². The van der Waals surface area contributed by atoms with Crippen molar-refractivity contribution >= 4 is 16.9 Å². The van der Waals surface area contributed by atoms with Crippen LogP contribution in [0, 0.1) is 0 Å². The topological polar surface area (TPSA) is 79.5 Å². The molecule has 5 nitrogen and oxygen atoms in total. The standard InChI is InChI=1S/C17H13NO4/c19-15(20)10-13-16(21)12-8-4-5-9-14(12)18(17(13)22)11-6-2-1-3-7-11/h1-9,21H,10H2,(H,19,20). The Kier molecular flexibility index (Phi) is 3.39. The van der Waals surface area contributed by atoms with Gasteiger partial charge in [-0.25, -0.2) is 0 Å². The van der Waals surface area contributed by atoms with Crippen molar-refractivity contribution in [2.45, 2.75) is 6.42 Å². The van der Waals surface area contributed by atoms with Crippen LogP contribution in [0.5, 0.6) is 5.75 Å². The molecule has 0 bridgehead atoms. The van der Waals surface area contributed by atoms with Crippen LogP contribution >= 0.6 is 0 Å². The first-order valence-corrected chi connectivity index (χ1v) is 6.72. The maximum atomic E-state index is 12.7. The Morgan fingerprint density at radius 1 is 1.00 bits per heavy atom. The van der Waals surface area contributed by atoms with Crippen LogP contribution in [-0.4, -0.2) is 20.7 Å². The lowest BCUT2D eigenvalue weighted by molar-refractivity contribution is -0.136. The molecule has 0 aliphatic carbocycles. The summed E-state index contributed by atoms with van der Waals surface area (Å²) in [6, 6.07) is 15.8. The van der Waals surface area contributed by atoms with Crippen LogP contribution in [0.2, 0.25) is 0 Å². The Hall–Kier alpha value is -3.08. The SMILES string of the molecule is O=C(O)Cc1c(O)c2ccccc2n(-c2ccccc2)c1=O. The molecule has 0 fully saturated rings. The van der Waals surface area contributed by atoms with Crippen molar-refractivity contribution in [3.05, 3.63) is 70.5 Å². The van der Waals surface area contributed by atoms with E-state index in [1.54, 1.807) is 48.5 Å². The van der Waals surface area contributed by atoms with Crippen molar-refractivity contribution < 1.29 is 15.0 Å². The molecule has 0 aliphatic rings. The van der Waals surface area contributed by atoms with Gasteiger partial charge in [0.1, 0.15) is 5.75 Å². The molecule has 0 spiro atoms. The van der Waals surface area contributed by atoms with Gasteiger partial charge in [0.05, 0.1) is 17.5 Å². The van der Waals surface area contributed by atoms with Crippen molar-refractivity contribution in [2.24, 2.45) is 0 Å². The van der Waals surface area contributed by atoms with E-state index in [1.165, 1.54) is 4.57 Å². The molecule has 0 saturated heterocycles. The molecule has 0 radical (unpaired) electrons. The third-order valence-corrected chi connectivity index (χ3v) is 3.49. The number of aromatic nitrogens is 1. The van der Waals surface area contributed by atoms with Crippen molar-refractivity contribution in [3.8, 4) is 11.4 Å². The van der Waals surface area contributed by atoms with Crippen LogP contribution in [0.3, 0.4) is 0 Å². The number of aliphatic carboxylic acids is 1. The first-order chi connectivity index (χ1) is 10.6. The van der Waals surface area contributed by atoms with Gasteiger partial charge < -0.3 is 10.2 Å². The van der Waals surface area contributed by atoms with E-state index in [-0.39, 0.29) is 11.3 Å². The van der Waals surface area contributed by atoms with Gasteiger partial charge >= 0.3 is 5.97 Å². The summed E-state index contributed by atoms with van der Waals surface area (Å²) in [7, 11) is 0. The monoisotopic (exact) mass is 295 g/mol. The molecule has 0 aliphatic heterocycles. The number of pyridine rings is 1. The van der Waals surface area contributed by atoms with E-state index in [0.29, 0.717) is 16.6 Å². The molecule has 2 aromatic carbocycles. The zero-order valence-corrected chi connectivity index (χ0v) is 11.6. The second-order valence-electron chi connectivity index (χ2n) is 4.89. The minimum Gasteiger partial charge on any atom is -0.507 e. The molecule has 2 N–H and O–H groups in total. The van der Waals surface area contributed by atoms with Gasteiger partial charge in [-0.05, 0) is 24.3 Å². The summed E-state index contributed by atoms with van der Waals surface area (Å²) in [5, 5.41) is 19.7. The van der Waals surface area contributed by atoms with Crippen LogP contribution in [-0.2, 0) is 11.2 Å². The zero-order valence-electron chi connectivity index (χ0n) is 11.6. The lowest BCUT2D eigenvalue weighted by Gasteiger charge is -2.14. The maximum absolute atomic E-state index is 12.7. The van der Waals surface area contributed by atoms with Crippen LogP contribution in [0.4, 0.5) is 0 Å². The van der Waals surface area contributed by atoms with Gasteiger partial charge in [-0.1, -0.05) is 30.3 Å². The van der Waals surface area contributed by atoms with Crippen molar-refractivity contribution in [3.63, 3.8) is 0 Å². The molecule has 0 atom stereocenters. The number of rotatable bonds is 3. The lowest BCUT2D eigenvalue weighted by atomic mass is 10.1. The molecule has 0 saturated carbocycles. The Morgan fingerprint density at radius 2 is 1.64 bits per heavy atom.